The number of phenols is 4. The van der Waals surface area contributed by atoms with Gasteiger partial charge in [0.25, 0.3) is 0 Å². The van der Waals surface area contributed by atoms with Gasteiger partial charge in [-0.1, -0.05) is 0 Å². The second kappa shape index (κ2) is 5.85. The number of aromatic nitrogens is 3. The van der Waals surface area contributed by atoms with Crippen LogP contribution in [0.2, 0.25) is 0 Å². The molecular formula is C18H14N4O4. The van der Waals surface area contributed by atoms with Crippen molar-refractivity contribution in [3.8, 4) is 28.7 Å². The Morgan fingerprint density at radius 2 is 1.38 bits per heavy atom. The van der Waals surface area contributed by atoms with Gasteiger partial charge >= 0.3 is 0 Å². The predicted octanol–water partition coefficient (Wildman–Crippen LogP) is 2.99. The van der Waals surface area contributed by atoms with Gasteiger partial charge < -0.3 is 25.7 Å². The molecule has 0 fully saturated rings. The minimum Gasteiger partial charge on any atom is -0.508 e. The van der Waals surface area contributed by atoms with Crippen molar-refractivity contribution in [1.29, 1.82) is 0 Å². The molecule has 26 heavy (non-hydrogen) atoms. The van der Waals surface area contributed by atoms with Crippen LogP contribution in [0.1, 0.15) is 0 Å². The number of anilines is 2. The molecule has 0 aliphatic rings. The molecule has 0 saturated heterocycles. The third kappa shape index (κ3) is 2.80. The molecule has 0 atom stereocenters. The van der Waals surface area contributed by atoms with Crippen LogP contribution < -0.4 is 5.32 Å². The number of nitrogens with one attached hydrogen (secondary N) is 1. The van der Waals surface area contributed by atoms with Gasteiger partial charge in [0.05, 0.1) is 0 Å². The maximum Gasteiger partial charge on any atom is 0.185 e. The lowest BCUT2D eigenvalue weighted by atomic mass is 10.2. The van der Waals surface area contributed by atoms with E-state index in [0.717, 1.165) is 22.2 Å². The van der Waals surface area contributed by atoms with Crippen LogP contribution in [0.3, 0.4) is 0 Å². The summed E-state index contributed by atoms with van der Waals surface area (Å²) in [5.74, 6) is -0.920. The van der Waals surface area contributed by atoms with Gasteiger partial charge in [0, 0.05) is 23.5 Å². The highest BCUT2D eigenvalue weighted by atomic mass is 16.3. The lowest BCUT2D eigenvalue weighted by Gasteiger charge is -2.05. The molecule has 8 nitrogen and oxygen atoms in total. The Hall–Kier alpha value is -3.94. The fraction of sp³-hybridized carbons (Fsp3) is 0. The van der Waals surface area contributed by atoms with E-state index < -0.39 is 11.5 Å². The Bertz CT molecular complexity index is 1110. The minimum absolute atomic E-state index is 0.0618. The molecule has 3 aromatic carbocycles. The van der Waals surface area contributed by atoms with E-state index in [2.05, 4.69) is 15.5 Å². The minimum atomic E-state index is -0.462. The maximum atomic E-state index is 9.98. The summed E-state index contributed by atoms with van der Waals surface area (Å²) in [6.45, 7) is 0. The third-order valence-corrected chi connectivity index (χ3v) is 3.81. The summed E-state index contributed by atoms with van der Waals surface area (Å²) in [5, 5.41) is 50.3. The van der Waals surface area contributed by atoms with Gasteiger partial charge in [-0.05, 0) is 42.5 Å². The lowest BCUT2D eigenvalue weighted by Crippen LogP contribution is -1.98. The number of aromatic hydroxyl groups is 4. The van der Waals surface area contributed by atoms with Gasteiger partial charge in [-0.15, -0.1) is 15.0 Å². The number of benzene rings is 3. The predicted molar refractivity (Wildman–Crippen MR) is 95.2 cm³/mol. The summed E-state index contributed by atoms with van der Waals surface area (Å²) >= 11 is 0. The highest BCUT2D eigenvalue weighted by Gasteiger charge is 2.14. The van der Waals surface area contributed by atoms with E-state index in [1.54, 1.807) is 36.4 Å². The summed E-state index contributed by atoms with van der Waals surface area (Å²) in [7, 11) is 0. The van der Waals surface area contributed by atoms with Gasteiger partial charge in [0.15, 0.2) is 11.5 Å². The molecule has 0 spiro atoms. The van der Waals surface area contributed by atoms with Crippen molar-refractivity contribution in [3.63, 3.8) is 0 Å². The fourth-order valence-corrected chi connectivity index (χ4v) is 2.55. The van der Waals surface area contributed by atoms with Crippen molar-refractivity contribution in [2.24, 2.45) is 0 Å². The van der Waals surface area contributed by atoms with Gasteiger partial charge in [-0.25, -0.2) is 0 Å². The number of hydrogen-bond donors (Lipinski definition) is 5. The van der Waals surface area contributed by atoms with E-state index in [0.29, 0.717) is 11.0 Å². The second-order valence-corrected chi connectivity index (χ2v) is 5.70. The summed E-state index contributed by atoms with van der Waals surface area (Å²) in [6.07, 6.45) is 0. The Labute approximate surface area is 147 Å². The monoisotopic (exact) mass is 350 g/mol. The standard InChI is InChI=1S/C18H14N4O4/c23-12-4-1-10(2-5-12)19-11-3-6-14-15(7-11)21-22(20-14)16-8-13(24)9-17(25)18(16)26/h1-9,19,23-26H. The van der Waals surface area contributed by atoms with Crippen LogP contribution >= 0.6 is 0 Å². The summed E-state index contributed by atoms with van der Waals surface area (Å²) < 4.78 is 0. The van der Waals surface area contributed by atoms with E-state index in [4.69, 9.17) is 0 Å². The summed E-state index contributed by atoms with van der Waals surface area (Å²) in [5.41, 5.74) is 2.74. The average Bonchev–Trinajstić information content (AvgIpc) is 3.03. The van der Waals surface area contributed by atoms with Gasteiger partial charge in [-0.2, -0.15) is 0 Å². The van der Waals surface area contributed by atoms with Crippen molar-refractivity contribution in [2.75, 3.05) is 5.32 Å². The summed E-state index contributed by atoms with van der Waals surface area (Å²) in [6, 6.07) is 14.3. The molecule has 0 aliphatic heterocycles. The maximum absolute atomic E-state index is 9.98. The Morgan fingerprint density at radius 3 is 2.15 bits per heavy atom. The van der Waals surface area contributed by atoms with Crippen molar-refractivity contribution in [2.45, 2.75) is 0 Å². The normalized spacial score (nSPS) is 10.9. The van der Waals surface area contributed by atoms with Crippen LogP contribution in [-0.4, -0.2) is 35.4 Å². The van der Waals surface area contributed by atoms with Gasteiger partial charge in [0.2, 0.25) is 0 Å². The van der Waals surface area contributed by atoms with Crippen LogP contribution in [0.4, 0.5) is 11.4 Å². The molecule has 4 aromatic rings. The second-order valence-electron chi connectivity index (χ2n) is 5.70. The van der Waals surface area contributed by atoms with E-state index in [1.165, 1.54) is 6.07 Å². The quantitative estimate of drug-likeness (QED) is 0.284. The highest BCUT2D eigenvalue weighted by Crippen LogP contribution is 2.35. The van der Waals surface area contributed by atoms with E-state index >= 15 is 0 Å². The Balaban J connectivity index is 1.71. The van der Waals surface area contributed by atoms with Crippen LogP contribution in [0.15, 0.2) is 54.6 Å². The molecule has 4 rings (SSSR count). The van der Waals surface area contributed by atoms with Crippen molar-refractivity contribution < 1.29 is 20.4 Å². The van der Waals surface area contributed by atoms with Gasteiger partial charge in [-0.3, -0.25) is 0 Å². The summed E-state index contributed by atoms with van der Waals surface area (Å²) in [4.78, 5) is 1.14. The zero-order valence-electron chi connectivity index (χ0n) is 13.3. The Morgan fingerprint density at radius 1 is 0.692 bits per heavy atom. The van der Waals surface area contributed by atoms with Crippen molar-refractivity contribution >= 4 is 22.4 Å². The first-order valence-electron chi connectivity index (χ1n) is 7.68. The van der Waals surface area contributed by atoms with Crippen molar-refractivity contribution in [3.05, 3.63) is 54.6 Å². The first-order valence-corrected chi connectivity index (χ1v) is 7.68. The topological polar surface area (TPSA) is 124 Å². The van der Waals surface area contributed by atoms with E-state index in [9.17, 15) is 20.4 Å². The largest absolute Gasteiger partial charge is 0.508 e. The number of hydrogen-bond acceptors (Lipinski definition) is 7. The van der Waals surface area contributed by atoms with Crippen LogP contribution in [0.5, 0.6) is 23.0 Å². The molecule has 0 bridgehead atoms. The zero-order valence-corrected chi connectivity index (χ0v) is 13.3. The lowest BCUT2D eigenvalue weighted by molar-refractivity contribution is 0.392. The molecule has 8 heteroatoms. The molecule has 0 aliphatic carbocycles. The van der Waals surface area contributed by atoms with Crippen LogP contribution in [-0.2, 0) is 0 Å². The Kier molecular flexibility index (Phi) is 3.51. The van der Waals surface area contributed by atoms with Crippen LogP contribution in [0.25, 0.3) is 16.7 Å². The zero-order chi connectivity index (χ0) is 18.3. The number of nitrogens with zero attached hydrogens (tertiary/aromatic N) is 3. The smallest absolute Gasteiger partial charge is 0.185 e. The molecular weight excluding hydrogens is 336 g/mol. The molecule has 0 unspecified atom stereocenters. The molecule has 0 radical (unpaired) electrons. The fourth-order valence-electron chi connectivity index (χ4n) is 2.55. The first kappa shape index (κ1) is 15.6. The number of phenolic OH excluding ortho intramolecular Hbond substituents is 4. The molecule has 5 N–H and O–H groups in total. The SMILES string of the molecule is Oc1ccc(Nc2ccc3nn(-c4cc(O)cc(O)c4O)nc3c2)cc1. The third-order valence-electron chi connectivity index (χ3n) is 3.81. The number of rotatable bonds is 3. The average molecular weight is 350 g/mol. The first-order chi connectivity index (χ1) is 12.5. The number of fused-ring (bicyclic) bond motifs is 1. The molecule has 0 amide bonds. The highest BCUT2D eigenvalue weighted by molar-refractivity contribution is 5.80. The van der Waals surface area contributed by atoms with Crippen molar-refractivity contribution in [1.82, 2.24) is 15.0 Å². The van der Waals surface area contributed by atoms with Gasteiger partial charge in [0.1, 0.15) is 28.2 Å². The molecule has 130 valence electrons. The molecule has 0 saturated carbocycles. The van der Waals surface area contributed by atoms with E-state index in [-0.39, 0.29) is 17.2 Å². The van der Waals surface area contributed by atoms with E-state index in [1.807, 2.05) is 6.07 Å². The van der Waals surface area contributed by atoms with Crippen LogP contribution in [0, 0.1) is 0 Å². The molecule has 1 heterocycles. The molecule has 1 aromatic heterocycles.